The van der Waals surface area contributed by atoms with Gasteiger partial charge in [0, 0.05) is 16.8 Å². The fraction of sp³-hybridized carbons (Fsp3) is 0.150. The Kier molecular flexibility index (Phi) is 6.01. The number of aliphatic hydroxyl groups is 1. The molecule has 0 aliphatic carbocycles. The van der Waals surface area contributed by atoms with Gasteiger partial charge in [0.25, 0.3) is 5.91 Å². The average Bonchev–Trinajstić information content (AvgIpc) is 3.16. The average molecular weight is 388 g/mol. The number of aliphatic hydroxyl groups excluding tert-OH is 1. The van der Waals surface area contributed by atoms with Crippen LogP contribution in [0.4, 0.5) is 5.69 Å². The number of methoxy groups -OCH3 is 1. The Morgan fingerprint density at radius 3 is 2.59 bits per heavy atom. The van der Waals surface area contributed by atoms with Gasteiger partial charge >= 0.3 is 0 Å². The monoisotopic (exact) mass is 387 g/mol. The molecule has 0 fully saturated rings. The molecule has 1 aromatic heterocycles. The summed E-state index contributed by atoms with van der Waals surface area (Å²) in [5, 5.41) is 12.5. The van der Waals surface area contributed by atoms with Crippen molar-refractivity contribution in [3.63, 3.8) is 0 Å². The number of hydrogen-bond acceptors (Lipinski definition) is 5. The van der Waals surface area contributed by atoms with Crippen LogP contribution in [0.3, 0.4) is 0 Å². The number of halogens is 1. The molecule has 6 nitrogen and oxygen atoms in total. The molecule has 0 unspecified atom stereocenters. The lowest BCUT2D eigenvalue weighted by Gasteiger charge is -2.11. The Bertz CT molecular complexity index is 920. The second-order valence-electron chi connectivity index (χ2n) is 5.63. The van der Waals surface area contributed by atoms with Gasteiger partial charge in [0.1, 0.15) is 29.6 Å². The number of carbonyl (C=O) groups is 1. The van der Waals surface area contributed by atoms with Crippen molar-refractivity contribution < 1.29 is 23.8 Å². The topological polar surface area (TPSA) is 80.9 Å². The number of ether oxygens (including phenoxy) is 2. The zero-order valence-electron chi connectivity index (χ0n) is 14.6. The van der Waals surface area contributed by atoms with Crippen molar-refractivity contribution in [2.75, 3.05) is 19.0 Å². The molecule has 0 aliphatic heterocycles. The Morgan fingerprint density at radius 1 is 1.15 bits per heavy atom. The van der Waals surface area contributed by atoms with Gasteiger partial charge in [-0.2, -0.15) is 0 Å². The lowest BCUT2D eigenvalue weighted by molar-refractivity contribution is -0.118. The third-order valence-corrected chi connectivity index (χ3v) is 4.00. The van der Waals surface area contributed by atoms with Crippen LogP contribution in [0.5, 0.6) is 11.5 Å². The van der Waals surface area contributed by atoms with E-state index in [1.807, 2.05) is 0 Å². The summed E-state index contributed by atoms with van der Waals surface area (Å²) in [5.41, 5.74) is 1.28. The predicted molar refractivity (Wildman–Crippen MR) is 102 cm³/mol. The molecule has 0 bridgehead atoms. The molecule has 0 saturated heterocycles. The zero-order chi connectivity index (χ0) is 19.2. The van der Waals surface area contributed by atoms with Gasteiger partial charge in [0.05, 0.1) is 12.7 Å². The van der Waals surface area contributed by atoms with Crippen LogP contribution in [0.15, 0.2) is 59.0 Å². The predicted octanol–water partition coefficient (Wildman–Crippen LogP) is 4.12. The lowest BCUT2D eigenvalue weighted by Crippen LogP contribution is -2.20. The molecule has 0 atom stereocenters. The second-order valence-corrected chi connectivity index (χ2v) is 6.07. The summed E-state index contributed by atoms with van der Waals surface area (Å²) in [7, 11) is 1.53. The number of furan rings is 1. The number of carbonyl (C=O) groups excluding carboxylic acids is 1. The van der Waals surface area contributed by atoms with E-state index in [0.29, 0.717) is 39.3 Å². The Morgan fingerprint density at radius 2 is 1.93 bits per heavy atom. The summed E-state index contributed by atoms with van der Waals surface area (Å²) in [4.78, 5) is 12.1. The minimum Gasteiger partial charge on any atom is -0.496 e. The van der Waals surface area contributed by atoms with Crippen LogP contribution < -0.4 is 14.8 Å². The summed E-state index contributed by atoms with van der Waals surface area (Å²) in [6.45, 7) is -0.312. The first-order valence-electron chi connectivity index (χ1n) is 8.15. The van der Waals surface area contributed by atoms with E-state index in [0.717, 1.165) is 0 Å². The van der Waals surface area contributed by atoms with Gasteiger partial charge in [-0.3, -0.25) is 4.79 Å². The van der Waals surface area contributed by atoms with Gasteiger partial charge in [-0.1, -0.05) is 11.6 Å². The van der Waals surface area contributed by atoms with Crippen molar-refractivity contribution in [1.29, 1.82) is 0 Å². The highest BCUT2D eigenvalue weighted by Crippen LogP contribution is 2.33. The van der Waals surface area contributed by atoms with E-state index in [-0.39, 0.29) is 19.1 Å². The van der Waals surface area contributed by atoms with Gasteiger partial charge in [-0.05, 0) is 48.5 Å². The van der Waals surface area contributed by atoms with Gasteiger partial charge < -0.3 is 24.3 Å². The minimum atomic E-state index is -0.305. The van der Waals surface area contributed by atoms with Gasteiger partial charge in [0.2, 0.25) is 0 Å². The van der Waals surface area contributed by atoms with Crippen LogP contribution in [0, 0.1) is 0 Å². The number of nitrogens with one attached hydrogen (secondary N) is 1. The largest absolute Gasteiger partial charge is 0.496 e. The molecule has 0 radical (unpaired) electrons. The van der Waals surface area contributed by atoms with Crippen molar-refractivity contribution in [2.24, 2.45) is 0 Å². The van der Waals surface area contributed by atoms with Crippen molar-refractivity contribution in [1.82, 2.24) is 0 Å². The molecular formula is C20H18ClNO5. The van der Waals surface area contributed by atoms with Crippen LogP contribution in [0.1, 0.15) is 5.76 Å². The minimum absolute atomic E-state index is 0.135. The van der Waals surface area contributed by atoms with E-state index in [1.165, 1.54) is 7.11 Å². The highest BCUT2D eigenvalue weighted by Gasteiger charge is 2.12. The maximum atomic E-state index is 12.1. The summed E-state index contributed by atoms with van der Waals surface area (Å²) in [6, 6.07) is 15.4. The molecule has 0 saturated carbocycles. The summed E-state index contributed by atoms with van der Waals surface area (Å²) in [6.07, 6.45) is 0. The van der Waals surface area contributed by atoms with Crippen LogP contribution in [-0.2, 0) is 11.4 Å². The Hall–Kier alpha value is -2.96. The summed E-state index contributed by atoms with van der Waals surface area (Å²) >= 11 is 5.81. The number of amides is 1. The van der Waals surface area contributed by atoms with E-state index < -0.39 is 0 Å². The summed E-state index contributed by atoms with van der Waals surface area (Å²) in [5.74, 6) is 1.81. The first-order valence-corrected chi connectivity index (χ1v) is 8.53. The molecule has 3 aromatic rings. The highest BCUT2D eigenvalue weighted by atomic mass is 35.5. The molecule has 0 spiro atoms. The number of benzene rings is 2. The van der Waals surface area contributed by atoms with Crippen molar-refractivity contribution >= 4 is 23.2 Å². The van der Waals surface area contributed by atoms with E-state index >= 15 is 0 Å². The van der Waals surface area contributed by atoms with Crippen molar-refractivity contribution in [3.05, 3.63) is 65.4 Å². The third-order valence-electron chi connectivity index (χ3n) is 3.75. The van der Waals surface area contributed by atoms with E-state index in [1.54, 1.807) is 54.6 Å². The first kappa shape index (κ1) is 18.8. The summed E-state index contributed by atoms with van der Waals surface area (Å²) < 4.78 is 16.3. The van der Waals surface area contributed by atoms with Crippen LogP contribution >= 0.6 is 11.6 Å². The van der Waals surface area contributed by atoms with Crippen molar-refractivity contribution in [3.8, 4) is 22.8 Å². The number of rotatable bonds is 7. The molecule has 2 N–H and O–H groups in total. The molecular weight excluding hydrogens is 370 g/mol. The van der Waals surface area contributed by atoms with E-state index in [4.69, 9.17) is 30.6 Å². The fourth-order valence-electron chi connectivity index (χ4n) is 2.46. The first-order chi connectivity index (χ1) is 13.1. The number of hydrogen-bond donors (Lipinski definition) is 2. The van der Waals surface area contributed by atoms with Crippen molar-refractivity contribution in [2.45, 2.75) is 6.61 Å². The molecule has 1 amide bonds. The number of anilines is 1. The molecule has 3 rings (SSSR count). The van der Waals surface area contributed by atoms with Crippen LogP contribution in [-0.4, -0.2) is 24.7 Å². The maximum absolute atomic E-state index is 12.1. The van der Waals surface area contributed by atoms with E-state index in [2.05, 4.69) is 5.32 Å². The maximum Gasteiger partial charge on any atom is 0.262 e. The molecule has 0 aliphatic rings. The van der Waals surface area contributed by atoms with Crippen LogP contribution in [0.25, 0.3) is 11.3 Å². The highest BCUT2D eigenvalue weighted by molar-refractivity contribution is 6.30. The standard InChI is InChI=1S/C20H18ClNO5/c1-25-19-10-14(4-8-17(19)18-9-7-16(11-23)27-18)22-20(24)12-26-15-5-2-13(21)3-6-15/h2-10,23H,11-12H2,1H3,(H,22,24). The molecule has 2 aromatic carbocycles. The van der Waals surface area contributed by atoms with Gasteiger partial charge in [-0.15, -0.1) is 0 Å². The zero-order valence-corrected chi connectivity index (χ0v) is 15.3. The third kappa shape index (κ3) is 4.81. The molecule has 7 heteroatoms. The van der Waals surface area contributed by atoms with Crippen LogP contribution in [0.2, 0.25) is 5.02 Å². The molecule has 1 heterocycles. The SMILES string of the molecule is COc1cc(NC(=O)COc2ccc(Cl)cc2)ccc1-c1ccc(CO)o1. The molecule has 140 valence electrons. The smallest absolute Gasteiger partial charge is 0.262 e. The fourth-order valence-corrected chi connectivity index (χ4v) is 2.58. The molecule has 27 heavy (non-hydrogen) atoms. The second kappa shape index (κ2) is 8.62. The van der Waals surface area contributed by atoms with E-state index in [9.17, 15) is 4.79 Å². The van der Waals surface area contributed by atoms with Gasteiger partial charge in [0.15, 0.2) is 6.61 Å². The Balaban J connectivity index is 1.66. The normalized spacial score (nSPS) is 10.5. The van der Waals surface area contributed by atoms with Gasteiger partial charge in [-0.25, -0.2) is 0 Å². The quantitative estimate of drug-likeness (QED) is 0.637. The Labute approximate surface area is 161 Å². The lowest BCUT2D eigenvalue weighted by atomic mass is 10.1.